The second kappa shape index (κ2) is 9.52. The van der Waals surface area contributed by atoms with E-state index in [2.05, 4.69) is 10.4 Å². The van der Waals surface area contributed by atoms with Crippen molar-refractivity contribution >= 4 is 22.6 Å². The number of rotatable bonds is 6. The molecule has 0 aliphatic heterocycles. The summed E-state index contributed by atoms with van der Waals surface area (Å²) in [6.45, 7) is 4.76. The molecule has 1 fully saturated rings. The quantitative estimate of drug-likeness (QED) is 0.464. The molecule has 8 heteroatoms. The first-order valence-electron chi connectivity index (χ1n) is 12.4. The number of carbonyl (C=O) groups excluding carboxylic acids is 1. The highest BCUT2D eigenvalue weighted by molar-refractivity contribution is 5.98. The van der Waals surface area contributed by atoms with E-state index in [1.807, 2.05) is 44.2 Å². The molecule has 0 atom stereocenters. The molecule has 5 rings (SSSR count). The number of amides is 1. The van der Waals surface area contributed by atoms with Crippen LogP contribution in [-0.2, 0) is 13.1 Å². The molecule has 182 valence electrons. The number of hydrogen-bond donors (Lipinski definition) is 1. The minimum absolute atomic E-state index is 0.169. The van der Waals surface area contributed by atoms with E-state index in [1.165, 1.54) is 15.5 Å². The molecule has 1 amide bonds. The fourth-order valence-corrected chi connectivity index (χ4v) is 4.96. The van der Waals surface area contributed by atoms with Crippen LogP contribution >= 0.6 is 0 Å². The first kappa shape index (κ1) is 23.1. The van der Waals surface area contributed by atoms with Crippen molar-refractivity contribution in [2.75, 3.05) is 0 Å². The van der Waals surface area contributed by atoms with Gasteiger partial charge in [-0.15, -0.1) is 5.10 Å². The standard InChI is InChI=1S/C27H31N5O3/c1-18(2)16-30-25(34)22-14-13-20(24(33)28-21-11-7-4-8-12-21)15-23(22)32-26(30)29-31(27(32)35)17-19-9-5-3-6-10-19/h3,5-6,9-10,13-15,18,21H,4,7-8,11-12,16-17H2,1-2H3,(H,28,33). The van der Waals surface area contributed by atoms with Crippen LogP contribution in [0.5, 0.6) is 0 Å². The van der Waals surface area contributed by atoms with Gasteiger partial charge in [-0.2, -0.15) is 0 Å². The van der Waals surface area contributed by atoms with Crippen molar-refractivity contribution in [1.29, 1.82) is 0 Å². The Balaban J connectivity index is 1.65. The van der Waals surface area contributed by atoms with E-state index in [0.29, 0.717) is 35.3 Å². The number of benzene rings is 2. The molecule has 2 aromatic heterocycles. The van der Waals surface area contributed by atoms with E-state index in [1.54, 1.807) is 22.8 Å². The van der Waals surface area contributed by atoms with Gasteiger partial charge in [-0.1, -0.05) is 63.4 Å². The minimum atomic E-state index is -0.337. The van der Waals surface area contributed by atoms with Gasteiger partial charge in [0.15, 0.2) is 0 Å². The topological polar surface area (TPSA) is 90.4 Å². The number of hydrogen-bond acceptors (Lipinski definition) is 4. The highest BCUT2D eigenvalue weighted by Crippen LogP contribution is 2.19. The van der Waals surface area contributed by atoms with Crippen molar-refractivity contribution in [3.63, 3.8) is 0 Å². The summed E-state index contributed by atoms with van der Waals surface area (Å²) >= 11 is 0. The average Bonchev–Trinajstić information content (AvgIpc) is 3.18. The third kappa shape index (κ3) is 4.52. The lowest BCUT2D eigenvalue weighted by Crippen LogP contribution is -2.36. The van der Waals surface area contributed by atoms with Crippen LogP contribution in [0.25, 0.3) is 16.7 Å². The van der Waals surface area contributed by atoms with Gasteiger partial charge in [0.2, 0.25) is 5.78 Å². The van der Waals surface area contributed by atoms with Crippen LogP contribution in [0.3, 0.4) is 0 Å². The molecule has 1 aliphatic carbocycles. The molecule has 2 aromatic carbocycles. The minimum Gasteiger partial charge on any atom is -0.349 e. The maximum atomic E-state index is 13.5. The lowest BCUT2D eigenvalue weighted by molar-refractivity contribution is 0.0928. The normalized spacial score (nSPS) is 14.7. The molecule has 35 heavy (non-hydrogen) atoms. The molecule has 0 saturated heterocycles. The number of fused-ring (bicyclic) bond motifs is 3. The first-order valence-corrected chi connectivity index (χ1v) is 12.4. The molecule has 1 saturated carbocycles. The SMILES string of the molecule is CC(C)Cn1c(=O)c2ccc(C(=O)NC3CCCCC3)cc2n2c(=O)n(Cc3ccccc3)nc12. The van der Waals surface area contributed by atoms with Crippen LogP contribution < -0.4 is 16.6 Å². The molecule has 4 aromatic rings. The summed E-state index contributed by atoms with van der Waals surface area (Å²) in [4.78, 5) is 40.0. The van der Waals surface area contributed by atoms with Crippen molar-refractivity contribution in [1.82, 2.24) is 24.1 Å². The highest BCUT2D eigenvalue weighted by atomic mass is 16.2. The molecular formula is C27H31N5O3. The van der Waals surface area contributed by atoms with Gasteiger partial charge in [-0.05, 0) is 42.5 Å². The largest absolute Gasteiger partial charge is 0.352 e. The van der Waals surface area contributed by atoms with Crippen LogP contribution in [-0.4, -0.2) is 30.7 Å². The van der Waals surface area contributed by atoms with E-state index < -0.39 is 0 Å². The summed E-state index contributed by atoms with van der Waals surface area (Å²) in [7, 11) is 0. The van der Waals surface area contributed by atoms with E-state index >= 15 is 0 Å². The summed E-state index contributed by atoms with van der Waals surface area (Å²) in [6.07, 6.45) is 5.41. The monoisotopic (exact) mass is 473 g/mol. The third-order valence-corrected chi connectivity index (χ3v) is 6.70. The summed E-state index contributed by atoms with van der Waals surface area (Å²) < 4.78 is 4.42. The highest BCUT2D eigenvalue weighted by Gasteiger charge is 2.21. The Bertz CT molecular complexity index is 1490. The van der Waals surface area contributed by atoms with E-state index in [9.17, 15) is 14.4 Å². The Morgan fingerprint density at radius 2 is 1.80 bits per heavy atom. The lowest BCUT2D eigenvalue weighted by Gasteiger charge is -2.22. The average molecular weight is 474 g/mol. The predicted molar refractivity (Wildman–Crippen MR) is 136 cm³/mol. The van der Waals surface area contributed by atoms with Crippen molar-refractivity contribution in [2.24, 2.45) is 5.92 Å². The van der Waals surface area contributed by atoms with Gasteiger partial charge < -0.3 is 5.32 Å². The van der Waals surface area contributed by atoms with Crippen molar-refractivity contribution < 1.29 is 4.79 Å². The van der Waals surface area contributed by atoms with Crippen molar-refractivity contribution in [3.8, 4) is 0 Å². The molecule has 2 heterocycles. The molecular weight excluding hydrogens is 442 g/mol. The summed E-state index contributed by atoms with van der Waals surface area (Å²) in [5, 5.41) is 8.09. The van der Waals surface area contributed by atoms with Gasteiger partial charge in [0.05, 0.1) is 17.4 Å². The molecule has 0 radical (unpaired) electrons. The zero-order chi connectivity index (χ0) is 24.5. The molecule has 1 aliphatic rings. The van der Waals surface area contributed by atoms with Crippen LogP contribution in [0.15, 0.2) is 58.1 Å². The molecule has 8 nitrogen and oxygen atoms in total. The Morgan fingerprint density at radius 3 is 2.51 bits per heavy atom. The van der Waals surface area contributed by atoms with Gasteiger partial charge in [-0.3, -0.25) is 14.2 Å². The Kier molecular flexibility index (Phi) is 6.28. The second-order valence-electron chi connectivity index (χ2n) is 9.91. The van der Waals surface area contributed by atoms with Crippen LogP contribution in [0.1, 0.15) is 61.9 Å². The zero-order valence-corrected chi connectivity index (χ0v) is 20.2. The molecule has 0 spiro atoms. The summed E-state index contributed by atoms with van der Waals surface area (Å²) in [6, 6.07) is 14.8. The smallest absolute Gasteiger partial charge is 0.349 e. The predicted octanol–water partition coefficient (Wildman–Crippen LogP) is 3.58. The fourth-order valence-electron chi connectivity index (χ4n) is 4.96. The molecule has 1 N–H and O–H groups in total. The Labute approximate surface area is 203 Å². The van der Waals surface area contributed by atoms with E-state index in [4.69, 9.17) is 0 Å². The first-order chi connectivity index (χ1) is 16.9. The summed E-state index contributed by atoms with van der Waals surface area (Å²) in [5.74, 6) is 0.300. The zero-order valence-electron chi connectivity index (χ0n) is 20.2. The van der Waals surface area contributed by atoms with E-state index in [0.717, 1.165) is 31.2 Å². The van der Waals surface area contributed by atoms with Crippen molar-refractivity contribution in [3.05, 3.63) is 80.5 Å². The van der Waals surface area contributed by atoms with Gasteiger partial charge in [-0.25, -0.2) is 13.9 Å². The summed E-state index contributed by atoms with van der Waals surface area (Å²) in [5.41, 5.74) is 1.24. The van der Waals surface area contributed by atoms with Crippen LogP contribution in [0.2, 0.25) is 0 Å². The fraction of sp³-hybridized carbons (Fsp3) is 0.407. The maximum absolute atomic E-state index is 13.5. The van der Waals surface area contributed by atoms with Gasteiger partial charge in [0, 0.05) is 18.2 Å². The molecule has 0 bridgehead atoms. The van der Waals surface area contributed by atoms with Gasteiger partial charge >= 0.3 is 5.69 Å². The van der Waals surface area contributed by atoms with Crippen LogP contribution in [0.4, 0.5) is 0 Å². The number of aromatic nitrogens is 4. The Morgan fingerprint density at radius 1 is 1.06 bits per heavy atom. The van der Waals surface area contributed by atoms with Gasteiger partial charge in [0.1, 0.15) is 0 Å². The lowest BCUT2D eigenvalue weighted by atomic mass is 9.95. The van der Waals surface area contributed by atoms with Gasteiger partial charge in [0.25, 0.3) is 11.5 Å². The van der Waals surface area contributed by atoms with E-state index in [-0.39, 0.29) is 29.1 Å². The maximum Gasteiger partial charge on any atom is 0.352 e. The second-order valence-corrected chi connectivity index (χ2v) is 9.91. The van der Waals surface area contributed by atoms with Crippen LogP contribution in [0, 0.1) is 5.92 Å². The molecule has 0 unspecified atom stereocenters. The number of nitrogens with zero attached hydrogens (tertiary/aromatic N) is 4. The number of carbonyl (C=O) groups is 1. The third-order valence-electron chi connectivity index (χ3n) is 6.70. The Hall–Kier alpha value is -3.68. The number of nitrogens with one attached hydrogen (secondary N) is 1. The van der Waals surface area contributed by atoms with Crippen molar-refractivity contribution in [2.45, 2.75) is 65.1 Å².